The Morgan fingerprint density at radius 1 is 1.40 bits per heavy atom. The second-order valence-electron chi connectivity index (χ2n) is 4.42. The van der Waals surface area contributed by atoms with Gasteiger partial charge in [-0.1, -0.05) is 37.8 Å². The van der Waals surface area contributed by atoms with E-state index < -0.39 is 5.97 Å². The van der Waals surface area contributed by atoms with Crippen LogP contribution >= 0.6 is 11.3 Å². The molecule has 1 aromatic rings. The maximum atomic E-state index is 11.1. The average Bonchev–Trinajstić information content (AvgIpc) is 2.83. The summed E-state index contributed by atoms with van der Waals surface area (Å²) in [6.07, 6.45) is 6.83. The predicted molar refractivity (Wildman–Crippen MR) is 80.0 cm³/mol. The van der Waals surface area contributed by atoms with Gasteiger partial charge < -0.3 is 15.7 Å². The van der Waals surface area contributed by atoms with Gasteiger partial charge in [0, 0.05) is 5.38 Å². The summed E-state index contributed by atoms with van der Waals surface area (Å²) >= 11 is 1.17. The molecule has 0 unspecified atom stereocenters. The van der Waals surface area contributed by atoms with Gasteiger partial charge in [-0.25, -0.2) is 9.78 Å². The van der Waals surface area contributed by atoms with Crippen molar-refractivity contribution in [2.24, 2.45) is 5.16 Å². The van der Waals surface area contributed by atoms with Gasteiger partial charge in [-0.3, -0.25) is 0 Å². The standard InChI is InChI=1S/C13H21N3O3S/c1-2-3-4-5-6-7-8-19-16-11(12(17)18)10-9-20-13(14)15-10/h9H,2-8H2,1H3,(H2,14,15)(H,17,18). The fourth-order valence-corrected chi connectivity index (χ4v) is 2.20. The second kappa shape index (κ2) is 9.30. The molecule has 0 saturated heterocycles. The molecule has 0 spiro atoms. The first-order chi connectivity index (χ1) is 9.65. The molecule has 112 valence electrons. The minimum Gasteiger partial charge on any atom is -0.476 e. The lowest BCUT2D eigenvalue weighted by atomic mass is 10.1. The first-order valence-corrected chi connectivity index (χ1v) is 7.67. The number of aromatic nitrogens is 1. The van der Waals surface area contributed by atoms with Gasteiger partial charge in [-0.2, -0.15) is 0 Å². The van der Waals surface area contributed by atoms with Crippen LogP contribution in [-0.4, -0.2) is 28.4 Å². The minimum atomic E-state index is -1.17. The number of anilines is 1. The number of carbonyl (C=O) groups is 1. The molecule has 6 nitrogen and oxygen atoms in total. The van der Waals surface area contributed by atoms with Crippen molar-refractivity contribution in [3.05, 3.63) is 11.1 Å². The van der Waals surface area contributed by atoms with Crippen LogP contribution < -0.4 is 5.73 Å². The Balaban J connectivity index is 2.32. The molecule has 0 bridgehead atoms. The van der Waals surface area contributed by atoms with Crippen molar-refractivity contribution in [3.63, 3.8) is 0 Å². The van der Waals surface area contributed by atoms with Crippen LogP contribution in [0.2, 0.25) is 0 Å². The van der Waals surface area contributed by atoms with E-state index >= 15 is 0 Å². The molecule has 7 heteroatoms. The van der Waals surface area contributed by atoms with Gasteiger partial charge in [0.1, 0.15) is 12.3 Å². The van der Waals surface area contributed by atoms with Crippen molar-refractivity contribution in [1.82, 2.24) is 4.98 Å². The molecule has 0 aliphatic carbocycles. The highest BCUT2D eigenvalue weighted by molar-refractivity contribution is 7.13. The number of carboxylic acids is 1. The molecule has 0 amide bonds. The van der Waals surface area contributed by atoms with Gasteiger partial charge in [0.05, 0.1) is 0 Å². The number of nitrogens with zero attached hydrogens (tertiary/aromatic N) is 2. The Morgan fingerprint density at radius 2 is 2.10 bits per heavy atom. The van der Waals surface area contributed by atoms with Gasteiger partial charge in [-0.15, -0.1) is 11.3 Å². The van der Waals surface area contributed by atoms with E-state index in [-0.39, 0.29) is 11.4 Å². The fraction of sp³-hybridized carbons (Fsp3) is 0.615. The third kappa shape index (κ3) is 6.01. The molecule has 1 rings (SSSR count). The van der Waals surface area contributed by atoms with Crippen molar-refractivity contribution in [2.45, 2.75) is 45.4 Å². The first-order valence-electron chi connectivity index (χ1n) is 6.79. The quantitative estimate of drug-likeness (QED) is 0.393. The summed E-state index contributed by atoms with van der Waals surface area (Å²) in [5.41, 5.74) is 5.50. The Morgan fingerprint density at radius 3 is 2.70 bits per heavy atom. The molecule has 1 heterocycles. The van der Waals surface area contributed by atoms with E-state index in [1.807, 2.05) is 0 Å². The molecular weight excluding hydrogens is 278 g/mol. The summed E-state index contributed by atoms with van der Waals surface area (Å²) < 4.78 is 0. The molecule has 0 saturated carbocycles. The predicted octanol–water partition coefficient (Wildman–Crippen LogP) is 2.89. The van der Waals surface area contributed by atoms with Gasteiger partial charge in [0.15, 0.2) is 5.13 Å². The summed E-state index contributed by atoms with van der Waals surface area (Å²) in [6.45, 7) is 2.60. The first kappa shape index (κ1) is 16.4. The van der Waals surface area contributed by atoms with Crippen LogP contribution in [0.4, 0.5) is 5.13 Å². The molecule has 0 fully saturated rings. The Labute approximate surface area is 122 Å². The largest absolute Gasteiger partial charge is 0.476 e. The highest BCUT2D eigenvalue weighted by atomic mass is 32.1. The van der Waals surface area contributed by atoms with Crippen molar-refractivity contribution in [3.8, 4) is 0 Å². The van der Waals surface area contributed by atoms with Crippen LogP contribution in [0, 0.1) is 0 Å². The van der Waals surface area contributed by atoms with Crippen molar-refractivity contribution in [1.29, 1.82) is 0 Å². The minimum absolute atomic E-state index is 0.205. The number of rotatable bonds is 10. The smallest absolute Gasteiger partial charge is 0.360 e. The Bertz CT molecular complexity index is 446. The van der Waals surface area contributed by atoms with Crippen molar-refractivity contribution in [2.75, 3.05) is 12.3 Å². The zero-order valence-corrected chi connectivity index (χ0v) is 12.5. The average molecular weight is 299 g/mol. The van der Waals surface area contributed by atoms with E-state index in [9.17, 15) is 4.79 Å². The van der Waals surface area contributed by atoms with Crippen LogP contribution in [-0.2, 0) is 9.63 Å². The van der Waals surface area contributed by atoms with Crippen LogP contribution in [0.15, 0.2) is 10.5 Å². The van der Waals surface area contributed by atoms with E-state index in [0.717, 1.165) is 12.8 Å². The number of hydrogen-bond donors (Lipinski definition) is 2. The number of oxime groups is 1. The highest BCUT2D eigenvalue weighted by Gasteiger charge is 2.16. The molecule has 0 atom stereocenters. The van der Waals surface area contributed by atoms with Gasteiger partial charge in [0.25, 0.3) is 0 Å². The molecule has 0 aliphatic heterocycles. The lowest BCUT2D eigenvalue weighted by Gasteiger charge is -2.01. The lowest BCUT2D eigenvalue weighted by molar-refractivity contribution is -0.129. The lowest BCUT2D eigenvalue weighted by Crippen LogP contribution is -2.15. The fourth-order valence-electron chi connectivity index (χ4n) is 1.65. The van der Waals surface area contributed by atoms with Crippen molar-refractivity contribution < 1.29 is 14.7 Å². The molecule has 0 radical (unpaired) electrons. The van der Waals surface area contributed by atoms with Crippen LogP contribution in [0.5, 0.6) is 0 Å². The molecular formula is C13H21N3O3S. The number of thiazole rings is 1. The number of nitrogens with two attached hydrogens (primary N) is 1. The van der Waals surface area contributed by atoms with Crippen LogP contribution in [0.1, 0.15) is 51.1 Å². The topological polar surface area (TPSA) is 97.8 Å². The van der Waals surface area contributed by atoms with Gasteiger partial charge in [-0.05, 0) is 12.8 Å². The molecule has 0 aromatic carbocycles. The monoisotopic (exact) mass is 299 g/mol. The number of aliphatic carboxylic acids is 1. The van der Waals surface area contributed by atoms with Gasteiger partial charge >= 0.3 is 5.97 Å². The summed E-state index contributed by atoms with van der Waals surface area (Å²) in [5.74, 6) is -1.17. The Hall–Kier alpha value is -1.63. The van der Waals surface area contributed by atoms with E-state index in [2.05, 4.69) is 17.1 Å². The van der Waals surface area contributed by atoms with E-state index in [1.54, 1.807) is 5.38 Å². The number of nitrogen functional groups attached to an aromatic ring is 1. The molecule has 1 aromatic heterocycles. The summed E-state index contributed by atoms with van der Waals surface area (Å²) in [5, 5.41) is 14.6. The summed E-state index contributed by atoms with van der Waals surface area (Å²) in [6, 6.07) is 0. The van der Waals surface area contributed by atoms with E-state index in [0.29, 0.717) is 11.7 Å². The second-order valence-corrected chi connectivity index (χ2v) is 5.31. The van der Waals surface area contributed by atoms with Crippen LogP contribution in [0.25, 0.3) is 0 Å². The Kier molecular flexibility index (Phi) is 7.64. The molecule has 3 N–H and O–H groups in total. The van der Waals surface area contributed by atoms with E-state index in [4.69, 9.17) is 15.7 Å². The molecule has 0 aliphatic rings. The van der Waals surface area contributed by atoms with Crippen LogP contribution in [0.3, 0.4) is 0 Å². The zero-order valence-electron chi connectivity index (χ0n) is 11.7. The summed E-state index contributed by atoms with van der Waals surface area (Å²) in [4.78, 5) is 20.0. The third-order valence-corrected chi connectivity index (χ3v) is 3.39. The van der Waals surface area contributed by atoms with Gasteiger partial charge in [0.2, 0.25) is 5.71 Å². The normalized spacial score (nSPS) is 11.6. The maximum Gasteiger partial charge on any atom is 0.360 e. The highest BCUT2D eigenvalue weighted by Crippen LogP contribution is 2.12. The SMILES string of the molecule is CCCCCCCCON=C(C(=O)O)c1csc(N)n1. The maximum absolute atomic E-state index is 11.1. The van der Waals surface area contributed by atoms with Crippen molar-refractivity contribution >= 4 is 28.1 Å². The number of carboxylic acid groups (broad SMARTS) is 1. The van der Waals surface area contributed by atoms with E-state index in [1.165, 1.54) is 37.0 Å². The number of unbranched alkanes of at least 4 members (excludes halogenated alkanes) is 5. The summed E-state index contributed by atoms with van der Waals surface area (Å²) in [7, 11) is 0. The third-order valence-electron chi connectivity index (χ3n) is 2.71. The number of hydrogen-bond acceptors (Lipinski definition) is 6. The molecule has 20 heavy (non-hydrogen) atoms. The zero-order chi connectivity index (χ0) is 14.8.